The van der Waals surface area contributed by atoms with E-state index >= 15 is 0 Å². The molecular weight excluding hydrogens is 359 g/mol. The van der Waals surface area contributed by atoms with E-state index < -0.39 is 5.82 Å². The molecule has 0 N–H and O–H groups in total. The van der Waals surface area contributed by atoms with E-state index in [1.54, 1.807) is 23.1 Å². The quantitative estimate of drug-likeness (QED) is 0.742. The zero-order chi connectivity index (χ0) is 19.9. The monoisotopic (exact) mass is 388 g/mol. The molecule has 1 aromatic rings. The molecular formula is C22H29FN2O3. The van der Waals surface area contributed by atoms with Gasteiger partial charge >= 0.3 is 0 Å². The van der Waals surface area contributed by atoms with Gasteiger partial charge in [-0.2, -0.15) is 0 Å². The summed E-state index contributed by atoms with van der Waals surface area (Å²) < 4.78 is 18.6. The second kappa shape index (κ2) is 9.71. The zero-order valence-electron chi connectivity index (χ0n) is 16.5. The maximum atomic E-state index is 13.7. The van der Waals surface area contributed by atoms with Crippen LogP contribution in [0.4, 0.5) is 4.39 Å². The molecule has 0 aromatic heterocycles. The van der Waals surface area contributed by atoms with Crippen LogP contribution < -0.4 is 4.74 Å². The number of methoxy groups -OCH3 is 1. The minimum atomic E-state index is -0.454. The third-order valence-corrected chi connectivity index (χ3v) is 5.67. The van der Waals surface area contributed by atoms with E-state index in [0.717, 1.165) is 25.9 Å². The molecule has 152 valence electrons. The van der Waals surface area contributed by atoms with Crippen molar-refractivity contribution >= 4 is 17.9 Å². The SMILES string of the molecule is COc1ccc(/C=C/C(=O)N2CCC(C(=O)N3CCCCCC3)CC2)cc1F. The van der Waals surface area contributed by atoms with E-state index in [1.807, 2.05) is 4.90 Å². The van der Waals surface area contributed by atoms with Gasteiger partial charge in [-0.3, -0.25) is 9.59 Å². The second-order valence-electron chi connectivity index (χ2n) is 7.57. The van der Waals surface area contributed by atoms with Gasteiger partial charge < -0.3 is 14.5 Å². The number of piperidine rings is 1. The molecule has 6 heteroatoms. The van der Waals surface area contributed by atoms with E-state index in [9.17, 15) is 14.0 Å². The van der Waals surface area contributed by atoms with Gasteiger partial charge in [0.15, 0.2) is 11.6 Å². The molecule has 2 amide bonds. The van der Waals surface area contributed by atoms with Crippen molar-refractivity contribution in [2.75, 3.05) is 33.3 Å². The molecule has 2 heterocycles. The molecule has 2 aliphatic rings. The Bertz CT molecular complexity index is 718. The molecule has 2 saturated heterocycles. The summed E-state index contributed by atoms with van der Waals surface area (Å²) in [5, 5.41) is 0. The Hall–Kier alpha value is -2.37. The van der Waals surface area contributed by atoms with Crippen LogP contribution in [0.5, 0.6) is 5.75 Å². The normalized spacial score (nSPS) is 18.9. The van der Waals surface area contributed by atoms with Gasteiger partial charge in [0.1, 0.15) is 0 Å². The predicted octanol–water partition coefficient (Wildman–Crippen LogP) is 3.49. The molecule has 2 fully saturated rings. The molecule has 0 radical (unpaired) electrons. The lowest BCUT2D eigenvalue weighted by atomic mass is 9.95. The van der Waals surface area contributed by atoms with Crippen LogP contribution in [0.25, 0.3) is 6.08 Å². The van der Waals surface area contributed by atoms with E-state index in [-0.39, 0.29) is 23.5 Å². The van der Waals surface area contributed by atoms with Crippen LogP contribution in [-0.4, -0.2) is 54.9 Å². The lowest BCUT2D eigenvalue weighted by Gasteiger charge is -2.33. The average molecular weight is 388 g/mol. The highest BCUT2D eigenvalue weighted by atomic mass is 19.1. The molecule has 2 aliphatic heterocycles. The number of benzene rings is 1. The molecule has 0 aliphatic carbocycles. The lowest BCUT2D eigenvalue weighted by Crippen LogP contribution is -2.44. The number of amides is 2. The van der Waals surface area contributed by atoms with Crippen LogP contribution in [0, 0.1) is 11.7 Å². The van der Waals surface area contributed by atoms with Gasteiger partial charge in [0.05, 0.1) is 7.11 Å². The van der Waals surface area contributed by atoms with Crippen LogP contribution >= 0.6 is 0 Å². The molecule has 1 aromatic carbocycles. The number of halogens is 1. The minimum absolute atomic E-state index is 0.0295. The Morgan fingerprint density at radius 1 is 1.04 bits per heavy atom. The zero-order valence-corrected chi connectivity index (χ0v) is 16.5. The first kappa shape index (κ1) is 20.4. The molecule has 0 bridgehead atoms. The number of carbonyl (C=O) groups excluding carboxylic acids is 2. The highest BCUT2D eigenvalue weighted by molar-refractivity contribution is 5.92. The van der Waals surface area contributed by atoms with Crippen molar-refractivity contribution in [1.29, 1.82) is 0 Å². The molecule has 0 saturated carbocycles. The van der Waals surface area contributed by atoms with Crippen LogP contribution in [0.3, 0.4) is 0 Å². The van der Waals surface area contributed by atoms with Crippen LogP contribution in [0.15, 0.2) is 24.3 Å². The third kappa shape index (κ3) is 5.12. The van der Waals surface area contributed by atoms with Crippen molar-refractivity contribution in [3.8, 4) is 5.75 Å². The number of hydrogen-bond donors (Lipinski definition) is 0. The fourth-order valence-corrected chi connectivity index (χ4v) is 3.96. The van der Waals surface area contributed by atoms with Gasteiger partial charge in [-0.05, 0) is 49.5 Å². The average Bonchev–Trinajstić information content (AvgIpc) is 3.01. The molecule has 3 rings (SSSR count). The fourth-order valence-electron chi connectivity index (χ4n) is 3.96. The summed E-state index contributed by atoms with van der Waals surface area (Å²) in [5.41, 5.74) is 0.609. The summed E-state index contributed by atoms with van der Waals surface area (Å²) in [6, 6.07) is 4.59. The first-order valence-electron chi connectivity index (χ1n) is 10.2. The maximum absolute atomic E-state index is 13.7. The summed E-state index contributed by atoms with van der Waals surface area (Å²) in [5.74, 6) is -0.0819. The van der Waals surface area contributed by atoms with Gasteiger partial charge in [0.2, 0.25) is 11.8 Å². The maximum Gasteiger partial charge on any atom is 0.246 e. The molecule has 28 heavy (non-hydrogen) atoms. The van der Waals surface area contributed by atoms with Gasteiger partial charge in [0.25, 0.3) is 0 Å². The summed E-state index contributed by atoms with van der Waals surface area (Å²) in [4.78, 5) is 29.0. The standard InChI is InChI=1S/C22H29FN2O3/c1-28-20-8-6-17(16-19(20)23)7-9-21(26)24-14-10-18(11-15-24)22(27)25-12-4-2-3-5-13-25/h6-9,16,18H,2-5,10-15H2,1H3/b9-7+. The number of likely N-dealkylation sites (tertiary alicyclic amines) is 2. The predicted molar refractivity (Wildman–Crippen MR) is 106 cm³/mol. The van der Waals surface area contributed by atoms with Crippen molar-refractivity contribution in [3.05, 3.63) is 35.7 Å². The number of carbonyl (C=O) groups is 2. The summed E-state index contributed by atoms with van der Waals surface area (Å²) in [7, 11) is 1.42. The van der Waals surface area contributed by atoms with Crippen LogP contribution in [0.1, 0.15) is 44.1 Å². The van der Waals surface area contributed by atoms with Crippen molar-refractivity contribution in [2.45, 2.75) is 38.5 Å². The Morgan fingerprint density at radius 2 is 1.71 bits per heavy atom. The molecule has 0 spiro atoms. The molecule has 0 atom stereocenters. The first-order valence-corrected chi connectivity index (χ1v) is 10.2. The Balaban J connectivity index is 1.50. The van der Waals surface area contributed by atoms with E-state index in [4.69, 9.17) is 4.74 Å². The summed E-state index contributed by atoms with van der Waals surface area (Å²) in [6.45, 7) is 2.92. The topological polar surface area (TPSA) is 49.9 Å². The third-order valence-electron chi connectivity index (χ3n) is 5.67. The number of hydrogen-bond acceptors (Lipinski definition) is 3. The van der Waals surface area contributed by atoms with Crippen LogP contribution in [0.2, 0.25) is 0 Å². The lowest BCUT2D eigenvalue weighted by molar-refractivity contribution is -0.139. The molecule has 0 unspecified atom stereocenters. The van der Waals surface area contributed by atoms with Gasteiger partial charge in [-0.15, -0.1) is 0 Å². The van der Waals surface area contributed by atoms with E-state index in [2.05, 4.69) is 0 Å². The van der Waals surface area contributed by atoms with Crippen molar-refractivity contribution < 1.29 is 18.7 Å². The van der Waals surface area contributed by atoms with Gasteiger partial charge in [-0.1, -0.05) is 18.9 Å². The highest BCUT2D eigenvalue weighted by Crippen LogP contribution is 2.22. The smallest absolute Gasteiger partial charge is 0.246 e. The van der Waals surface area contributed by atoms with Gasteiger partial charge in [-0.25, -0.2) is 4.39 Å². The van der Waals surface area contributed by atoms with E-state index in [0.29, 0.717) is 31.5 Å². The molecule has 5 nitrogen and oxygen atoms in total. The Labute approximate surface area is 166 Å². The first-order chi connectivity index (χ1) is 13.6. The van der Waals surface area contributed by atoms with Crippen molar-refractivity contribution in [2.24, 2.45) is 5.92 Å². The fraction of sp³-hybridized carbons (Fsp3) is 0.545. The van der Waals surface area contributed by atoms with E-state index in [1.165, 1.54) is 32.1 Å². The van der Waals surface area contributed by atoms with Gasteiger partial charge in [0, 0.05) is 38.2 Å². The summed E-state index contributed by atoms with van der Waals surface area (Å²) >= 11 is 0. The number of nitrogens with zero attached hydrogens (tertiary/aromatic N) is 2. The minimum Gasteiger partial charge on any atom is -0.494 e. The Morgan fingerprint density at radius 3 is 2.32 bits per heavy atom. The Kier molecular flexibility index (Phi) is 7.06. The van der Waals surface area contributed by atoms with Crippen LogP contribution in [-0.2, 0) is 9.59 Å². The number of rotatable bonds is 4. The second-order valence-corrected chi connectivity index (χ2v) is 7.57. The highest BCUT2D eigenvalue weighted by Gasteiger charge is 2.29. The summed E-state index contributed by atoms with van der Waals surface area (Å²) in [6.07, 6.45) is 9.12. The largest absolute Gasteiger partial charge is 0.494 e. The number of ether oxygens (including phenoxy) is 1. The van der Waals surface area contributed by atoms with Crippen molar-refractivity contribution in [3.63, 3.8) is 0 Å². The van der Waals surface area contributed by atoms with Crippen molar-refractivity contribution in [1.82, 2.24) is 9.80 Å².